The summed E-state index contributed by atoms with van der Waals surface area (Å²) in [5, 5.41) is 12.6. The molecule has 2 atom stereocenters. The number of carbonyl (C=O) groups is 2. The number of nitrogens with zero attached hydrogens (tertiary/aromatic N) is 1. The number of rotatable bonds is 1. The molecule has 2 rings (SSSR count). The molecule has 0 aromatic carbocycles. The van der Waals surface area contributed by atoms with Gasteiger partial charge in [-0.2, -0.15) is 0 Å². The minimum atomic E-state index is -0.529. The Morgan fingerprint density at radius 1 is 1.50 bits per heavy atom. The molecule has 0 aromatic rings. The SMILES string of the molecule is CC(C)(C)OC(=O)N1CCC2(CO)CCC(=O)NC2C1. The number of aliphatic hydroxyl groups excluding tert-OH is 1. The third kappa shape index (κ3) is 3.06. The number of piperidine rings is 2. The summed E-state index contributed by atoms with van der Waals surface area (Å²) in [6.07, 6.45) is 1.46. The fraction of sp³-hybridized carbons (Fsp3) is 0.857. The van der Waals surface area contributed by atoms with Gasteiger partial charge in [0.25, 0.3) is 0 Å². The van der Waals surface area contributed by atoms with Crippen molar-refractivity contribution in [1.29, 1.82) is 0 Å². The zero-order chi connectivity index (χ0) is 15.0. The van der Waals surface area contributed by atoms with Gasteiger partial charge in [0.05, 0.1) is 12.6 Å². The molecule has 0 bridgehead atoms. The molecule has 6 nitrogen and oxygen atoms in total. The maximum absolute atomic E-state index is 12.1. The molecule has 0 aromatic heterocycles. The zero-order valence-electron chi connectivity index (χ0n) is 12.4. The van der Waals surface area contributed by atoms with Crippen LogP contribution in [0.1, 0.15) is 40.0 Å². The summed E-state index contributed by atoms with van der Waals surface area (Å²) in [5.74, 6) is -0.00915. The quantitative estimate of drug-likeness (QED) is 0.749. The second kappa shape index (κ2) is 5.24. The van der Waals surface area contributed by atoms with Gasteiger partial charge in [-0.3, -0.25) is 4.79 Å². The molecule has 0 spiro atoms. The van der Waals surface area contributed by atoms with Crippen molar-refractivity contribution in [3.8, 4) is 0 Å². The van der Waals surface area contributed by atoms with E-state index in [-0.39, 0.29) is 30.1 Å². The van der Waals surface area contributed by atoms with Crippen LogP contribution < -0.4 is 5.32 Å². The normalized spacial score (nSPS) is 30.5. The average Bonchev–Trinajstić information content (AvgIpc) is 2.36. The first-order chi connectivity index (χ1) is 9.26. The largest absolute Gasteiger partial charge is 0.444 e. The van der Waals surface area contributed by atoms with Crippen LogP contribution >= 0.6 is 0 Å². The van der Waals surface area contributed by atoms with Gasteiger partial charge in [0.15, 0.2) is 0 Å². The number of fused-ring (bicyclic) bond motifs is 1. The molecule has 2 aliphatic rings. The first kappa shape index (κ1) is 15.1. The van der Waals surface area contributed by atoms with E-state index < -0.39 is 5.60 Å². The first-order valence-corrected chi connectivity index (χ1v) is 7.14. The van der Waals surface area contributed by atoms with E-state index in [0.29, 0.717) is 32.4 Å². The van der Waals surface area contributed by atoms with E-state index in [1.807, 2.05) is 20.8 Å². The van der Waals surface area contributed by atoms with E-state index in [0.717, 1.165) is 0 Å². The average molecular weight is 284 g/mol. The Labute approximate surface area is 119 Å². The molecule has 0 aliphatic carbocycles. The van der Waals surface area contributed by atoms with Crippen LogP contribution in [0.3, 0.4) is 0 Å². The summed E-state index contributed by atoms with van der Waals surface area (Å²) >= 11 is 0. The highest BCUT2D eigenvalue weighted by molar-refractivity contribution is 5.77. The van der Waals surface area contributed by atoms with Crippen LogP contribution in [0.15, 0.2) is 0 Å². The predicted octanol–water partition coefficient (Wildman–Crippen LogP) is 0.884. The molecule has 20 heavy (non-hydrogen) atoms. The summed E-state index contributed by atoms with van der Waals surface area (Å²) in [7, 11) is 0. The molecule has 0 radical (unpaired) electrons. The second-order valence-corrected chi connectivity index (χ2v) is 6.82. The maximum Gasteiger partial charge on any atom is 0.410 e. The molecule has 2 fully saturated rings. The van der Waals surface area contributed by atoms with Gasteiger partial charge in [-0.15, -0.1) is 0 Å². The maximum atomic E-state index is 12.1. The van der Waals surface area contributed by atoms with Crippen LogP contribution in [0.2, 0.25) is 0 Å². The van der Waals surface area contributed by atoms with Crippen LogP contribution in [-0.2, 0) is 9.53 Å². The molecule has 2 saturated heterocycles. The molecule has 2 amide bonds. The van der Waals surface area contributed by atoms with Crippen molar-refractivity contribution in [2.75, 3.05) is 19.7 Å². The molecule has 2 N–H and O–H groups in total. The lowest BCUT2D eigenvalue weighted by Gasteiger charge is -2.49. The van der Waals surface area contributed by atoms with Crippen molar-refractivity contribution in [2.45, 2.75) is 51.7 Å². The molecule has 2 aliphatic heterocycles. The van der Waals surface area contributed by atoms with Gasteiger partial charge in [0, 0.05) is 24.9 Å². The number of hydrogen-bond acceptors (Lipinski definition) is 4. The fourth-order valence-electron chi connectivity index (χ4n) is 2.92. The van der Waals surface area contributed by atoms with Gasteiger partial charge < -0.3 is 20.1 Å². The van der Waals surface area contributed by atoms with E-state index in [4.69, 9.17) is 4.74 Å². The van der Waals surface area contributed by atoms with Crippen molar-refractivity contribution >= 4 is 12.0 Å². The fourth-order valence-corrected chi connectivity index (χ4v) is 2.92. The topological polar surface area (TPSA) is 78.9 Å². The summed E-state index contributed by atoms with van der Waals surface area (Å²) in [6.45, 7) is 6.49. The molecule has 114 valence electrons. The Bertz CT molecular complexity index is 404. The summed E-state index contributed by atoms with van der Waals surface area (Å²) in [4.78, 5) is 25.3. The first-order valence-electron chi connectivity index (χ1n) is 7.14. The third-order valence-electron chi connectivity index (χ3n) is 4.17. The summed E-state index contributed by atoms with van der Waals surface area (Å²) in [5.41, 5.74) is -0.815. The van der Waals surface area contributed by atoms with Crippen molar-refractivity contribution in [2.24, 2.45) is 5.41 Å². The Hall–Kier alpha value is -1.30. The van der Waals surface area contributed by atoms with Crippen LogP contribution in [-0.4, -0.2) is 53.3 Å². The van der Waals surface area contributed by atoms with Crippen LogP contribution in [0.4, 0.5) is 4.79 Å². The minimum absolute atomic E-state index is 0.00915. The Morgan fingerprint density at radius 2 is 2.20 bits per heavy atom. The number of likely N-dealkylation sites (tertiary alicyclic amines) is 1. The van der Waals surface area contributed by atoms with Gasteiger partial charge in [0.2, 0.25) is 5.91 Å². The smallest absolute Gasteiger partial charge is 0.410 e. The van der Waals surface area contributed by atoms with E-state index >= 15 is 0 Å². The van der Waals surface area contributed by atoms with Crippen LogP contribution in [0, 0.1) is 5.41 Å². The molecule has 0 saturated carbocycles. The van der Waals surface area contributed by atoms with Crippen molar-refractivity contribution < 1.29 is 19.4 Å². The number of amides is 2. The molecule has 2 unspecified atom stereocenters. The van der Waals surface area contributed by atoms with Gasteiger partial charge in [-0.1, -0.05) is 0 Å². The highest BCUT2D eigenvalue weighted by atomic mass is 16.6. The van der Waals surface area contributed by atoms with Gasteiger partial charge >= 0.3 is 6.09 Å². The standard InChI is InChI=1S/C14H24N2O4/c1-13(2,3)20-12(19)16-7-6-14(9-17)5-4-11(18)15-10(14)8-16/h10,17H,4-9H2,1-3H3,(H,15,18). The lowest BCUT2D eigenvalue weighted by molar-refractivity contribution is -0.130. The molecular formula is C14H24N2O4. The zero-order valence-corrected chi connectivity index (χ0v) is 12.4. The van der Waals surface area contributed by atoms with E-state index in [9.17, 15) is 14.7 Å². The Balaban J connectivity index is 2.05. The lowest BCUT2D eigenvalue weighted by atomic mass is 9.70. The van der Waals surface area contributed by atoms with Crippen LogP contribution in [0.25, 0.3) is 0 Å². The van der Waals surface area contributed by atoms with Crippen molar-refractivity contribution in [3.63, 3.8) is 0 Å². The summed E-state index contributed by atoms with van der Waals surface area (Å²) < 4.78 is 5.36. The summed E-state index contributed by atoms with van der Waals surface area (Å²) in [6, 6.07) is -0.185. The number of hydrogen-bond donors (Lipinski definition) is 2. The monoisotopic (exact) mass is 284 g/mol. The van der Waals surface area contributed by atoms with Crippen molar-refractivity contribution in [1.82, 2.24) is 10.2 Å². The van der Waals surface area contributed by atoms with Crippen LogP contribution in [0.5, 0.6) is 0 Å². The molecule has 2 heterocycles. The number of nitrogens with one attached hydrogen (secondary N) is 1. The van der Waals surface area contributed by atoms with Gasteiger partial charge in [-0.05, 0) is 33.6 Å². The lowest BCUT2D eigenvalue weighted by Crippen LogP contribution is -2.63. The van der Waals surface area contributed by atoms with Gasteiger partial charge in [0.1, 0.15) is 5.60 Å². The Morgan fingerprint density at radius 3 is 2.80 bits per heavy atom. The molecule has 6 heteroatoms. The minimum Gasteiger partial charge on any atom is -0.444 e. The second-order valence-electron chi connectivity index (χ2n) is 6.82. The number of ether oxygens (including phenoxy) is 1. The van der Waals surface area contributed by atoms with Gasteiger partial charge in [-0.25, -0.2) is 4.79 Å². The number of aliphatic hydroxyl groups is 1. The Kier molecular flexibility index (Phi) is 3.95. The third-order valence-corrected chi connectivity index (χ3v) is 4.17. The highest BCUT2D eigenvalue weighted by Crippen LogP contribution is 2.38. The van der Waals surface area contributed by atoms with E-state index in [1.165, 1.54) is 0 Å². The number of carbonyl (C=O) groups excluding carboxylic acids is 2. The molecular weight excluding hydrogens is 260 g/mol. The highest BCUT2D eigenvalue weighted by Gasteiger charge is 2.47. The van der Waals surface area contributed by atoms with E-state index in [1.54, 1.807) is 4.90 Å². The van der Waals surface area contributed by atoms with Crippen molar-refractivity contribution in [3.05, 3.63) is 0 Å². The van der Waals surface area contributed by atoms with E-state index in [2.05, 4.69) is 5.32 Å². The predicted molar refractivity (Wildman–Crippen MR) is 73.1 cm³/mol.